The fourth-order valence-corrected chi connectivity index (χ4v) is 2.98. The van der Waals surface area contributed by atoms with Gasteiger partial charge in [0, 0.05) is 19.6 Å². The first-order chi connectivity index (χ1) is 10.6. The van der Waals surface area contributed by atoms with Crippen LogP contribution in [0.1, 0.15) is 47.1 Å². The molecule has 1 unspecified atom stereocenters. The van der Waals surface area contributed by atoms with Crippen molar-refractivity contribution in [3.05, 3.63) is 53.3 Å². The number of carboxylic acids is 1. The van der Waals surface area contributed by atoms with E-state index in [1.54, 1.807) is 17.8 Å². The molecule has 3 rings (SSSR count). The van der Waals surface area contributed by atoms with E-state index in [0.29, 0.717) is 18.5 Å². The number of aromatic nitrogens is 2. The summed E-state index contributed by atoms with van der Waals surface area (Å²) in [5.41, 5.74) is 2.28. The fraction of sp³-hybridized carbons (Fsp3) is 0.412. The van der Waals surface area contributed by atoms with Gasteiger partial charge >= 0.3 is 5.97 Å². The Balaban J connectivity index is 1.73. The Bertz CT molecular complexity index is 647. The average Bonchev–Trinajstić information content (AvgIpc) is 2.84. The minimum atomic E-state index is -0.986. The summed E-state index contributed by atoms with van der Waals surface area (Å²) < 4.78 is 1.64. The lowest BCUT2D eigenvalue weighted by atomic mass is 9.77. The highest BCUT2D eigenvalue weighted by Gasteiger charge is 2.28. The van der Waals surface area contributed by atoms with Crippen molar-refractivity contribution < 1.29 is 9.90 Å². The summed E-state index contributed by atoms with van der Waals surface area (Å²) in [4.78, 5) is 11.0. The van der Waals surface area contributed by atoms with Crippen LogP contribution in [0.5, 0.6) is 0 Å². The normalized spacial score (nSPS) is 16.2. The molecule has 0 spiro atoms. The molecule has 0 bridgehead atoms. The molecule has 1 aliphatic rings. The second kappa shape index (κ2) is 6.32. The van der Waals surface area contributed by atoms with Crippen LogP contribution in [0.4, 0.5) is 0 Å². The summed E-state index contributed by atoms with van der Waals surface area (Å²) >= 11 is 0. The molecular weight excluding hydrogens is 278 g/mol. The second-order valence-corrected chi connectivity index (χ2v) is 5.91. The predicted molar refractivity (Wildman–Crippen MR) is 83.5 cm³/mol. The van der Waals surface area contributed by atoms with E-state index in [2.05, 4.69) is 34.7 Å². The molecule has 0 amide bonds. The van der Waals surface area contributed by atoms with Crippen molar-refractivity contribution in [2.75, 3.05) is 0 Å². The third kappa shape index (κ3) is 3.04. The Hall–Kier alpha value is -2.14. The smallest absolute Gasteiger partial charge is 0.356 e. The number of hydrogen-bond acceptors (Lipinski definition) is 3. The molecule has 0 saturated heterocycles. The molecule has 0 aliphatic heterocycles. The van der Waals surface area contributed by atoms with E-state index in [1.165, 1.54) is 24.8 Å². The third-order valence-corrected chi connectivity index (χ3v) is 4.48. The summed E-state index contributed by atoms with van der Waals surface area (Å²) in [7, 11) is 1.78. The largest absolute Gasteiger partial charge is 0.476 e. The maximum Gasteiger partial charge on any atom is 0.356 e. The van der Waals surface area contributed by atoms with Crippen LogP contribution in [0.25, 0.3) is 0 Å². The molecule has 1 aromatic carbocycles. The standard InChI is InChI=1S/C17H21N3O2/c1-20-14(10-15(19-20)17(21)22)11-18-16(13-8-5-9-13)12-6-3-2-4-7-12/h2-4,6-7,10,13,16,18H,5,8-9,11H2,1H3,(H,21,22). The van der Waals surface area contributed by atoms with Gasteiger partial charge in [0.05, 0.1) is 5.69 Å². The number of nitrogens with one attached hydrogen (secondary N) is 1. The van der Waals surface area contributed by atoms with Crippen molar-refractivity contribution >= 4 is 5.97 Å². The van der Waals surface area contributed by atoms with Gasteiger partial charge in [0.15, 0.2) is 5.69 Å². The lowest BCUT2D eigenvalue weighted by Gasteiger charge is -2.35. The van der Waals surface area contributed by atoms with Gasteiger partial charge < -0.3 is 10.4 Å². The van der Waals surface area contributed by atoms with Crippen molar-refractivity contribution in [1.82, 2.24) is 15.1 Å². The number of aryl methyl sites for hydroxylation is 1. The summed E-state index contributed by atoms with van der Waals surface area (Å²) in [5, 5.41) is 16.6. The van der Waals surface area contributed by atoms with Crippen LogP contribution in [-0.2, 0) is 13.6 Å². The minimum Gasteiger partial charge on any atom is -0.476 e. The summed E-state index contributed by atoms with van der Waals surface area (Å²) in [6, 6.07) is 12.4. The van der Waals surface area contributed by atoms with Crippen molar-refractivity contribution in [3.8, 4) is 0 Å². The Morgan fingerprint density at radius 2 is 2.14 bits per heavy atom. The topological polar surface area (TPSA) is 67.2 Å². The van der Waals surface area contributed by atoms with Crippen LogP contribution in [-0.4, -0.2) is 20.9 Å². The van der Waals surface area contributed by atoms with E-state index < -0.39 is 5.97 Å². The lowest BCUT2D eigenvalue weighted by molar-refractivity contribution is 0.0689. The molecule has 116 valence electrons. The fourth-order valence-electron chi connectivity index (χ4n) is 2.98. The molecule has 1 aromatic heterocycles. The molecule has 1 aliphatic carbocycles. The molecular formula is C17H21N3O2. The summed E-state index contributed by atoms with van der Waals surface area (Å²) in [5.74, 6) is -0.324. The van der Waals surface area contributed by atoms with Crippen molar-refractivity contribution in [2.24, 2.45) is 13.0 Å². The van der Waals surface area contributed by atoms with Crippen LogP contribution in [0.3, 0.4) is 0 Å². The van der Waals surface area contributed by atoms with E-state index >= 15 is 0 Å². The molecule has 2 N–H and O–H groups in total. The number of nitrogens with zero attached hydrogens (tertiary/aromatic N) is 2. The van der Waals surface area contributed by atoms with Gasteiger partial charge in [0.25, 0.3) is 0 Å². The zero-order valence-corrected chi connectivity index (χ0v) is 12.7. The third-order valence-electron chi connectivity index (χ3n) is 4.48. The molecule has 1 saturated carbocycles. The first kappa shape index (κ1) is 14.8. The van der Waals surface area contributed by atoms with Crippen LogP contribution in [0, 0.1) is 5.92 Å². The molecule has 2 aromatic rings. The molecule has 5 heteroatoms. The van der Waals surface area contributed by atoms with Crippen molar-refractivity contribution in [2.45, 2.75) is 31.8 Å². The zero-order valence-electron chi connectivity index (χ0n) is 12.7. The molecule has 1 heterocycles. The van der Waals surface area contributed by atoms with Gasteiger partial charge in [-0.2, -0.15) is 5.10 Å². The van der Waals surface area contributed by atoms with Gasteiger partial charge in [-0.25, -0.2) is 4.79 Å². The van der Waals surface area contributed by atoms with Crippen LogP contribution >= 0.6 is 0 Å². The van der Waals surface area contributed by atoms with Gasteiger partial charge in [-0.3, -0.25) is 4.68 Å². The van der Waals surface area contributed by atoms with Crippen LogP contribution < -0.4 is 5.32 Å². The van der Waals surface area contributed by atoms with Gasteiger partial charge in [-0.1, -0.05) is 36.8 Å². The summed E-state index contributed by atoms with van der Waals surface area (Å²) in [6.07, 6.45) is 3.79. The molecule has 1 fully saturated rings. The second-order valence-electron chi connectivity index (χ2n) is 5.91. The molecule has 5 nitrogen and oxygen atoms in total. The van der Waals surface area contributed by atoms with E-state index in [0.717, 1.165) is 5.69 Å². The Labute approximate surface area is 130 Å². The number of carboxylic acid groups (broad SMARTS) is 1. The van der Waals surface area contributed by atoms with Crippen molar-refractivity contribution in [3.63, 3.8) is 0 Å². The number of rotatable bonds is 6. The van der Waals surface area contributed by atoms with E-state index in [-0.39, 0.29) is 5.69 Å². The Kier molecular flexibility index (Phi) is 4.24. The zero-order chi connectivity index (χ0) is 15.5. The van der Waals surface area contributed by atoms with Gasteiger partial charge in [-0.05, 0) is 30.4 Å². The maximum atomic E-state index is 11.0. The quantitative estimate of drug-likeness (QED) is 0.860. The van der Waals surface area contributed by atoms with Gasteiger partial charge in [0.1, 0.15) is 0 Å². The number of aromatic carboxylic acids is 1. The Morgan fingerprint density at radius 3 is 2.68 bits per heavy atom. The first-order valence-electron chi connectivity index (χ1n) is 7.69. The maximum absolute atomic E-state index is 11.0. The highest BCUT2D eigenvalue weighted by molar-refractivity contribution is 5.85. The number of hydrogen-bond donors (Lipinski definition) is 2. The van der Waals surface area contributed by atoms with Crippen LogP contribution in [0.15, 0.2) is 36.4 Å². The SMILES string of the molecule is Cn1nc(C(=O)O)cc1CNC(c1ccccc1)C1CCC1. The van der Waals surface area contributed by atoms with E-state index in [1.807, 2.05) is 6.07 Å². The number of benzene rings is 1. The minimum absolute atomic E-state index is 0.0965. The molecule has 22 heavy (non-hydrogen) atoms. The molecule has 1 atom stereocenters. The van der Waals surface area contributed by atoms with Gasteiger partial charge in [0.2, 0.25) is 0 Å². The lowest BCUT2D eigenvalue weighted by Crippen LogP contribution is -2.32. The monoisotopic (exact) mass is 299 g/mol. The molecule has 0 radical (unpaired) electrons. The average molecular weight is 299 g/mol. The van der Waals surface area contributed by atoms with Crippen LogP contribution in [0.2, 0.25) is 0 Å². The highest BCUT2D eigenvalue weighted by Crippen LogP contribution is 2.37. The Morgan fingerprint density at radius 1 is 1.41 bits per heavy atom. The van der Waals surface area contributed by atoms with Crippen molar-refractivity contribution in [1.29, 1.82) is 0 Å². The number of carbonyl (C=O) groups is 1. The van der Waals surface area contributed by atoms with E-state index in [9.17, 15) is 4.79 Å². The predicted octanol–water partition coefficient (Wildman–Crippen LogP) is 2.75. The van der Waals surface area contributed by atoms with E-state index in [4.69, 9.17) is 5.11 Å². The summed E-state index contributed by atoms with van der Waals surface area (Å²) in [6.45, 7) is 0.618. The first-order valence-corrected chi connectivity index (χ1v) is 7.69. The highest BCUT2D eigenvalue weighted by atomic mass is 16.4. The van der Waals surface area contributed by atoms with Gasteiger partial charge in [-0.15, -0.1) is 0 Å².